The van der Waals surface area contributed by atoms with E-state index in [1.807, 2.05) is 0 Å². The number of phosphoric ester groups is 6. The third-order valence-electron chi connectivity index (χ3n) is 4.30. The van der Waals surface area contributed by atoms with Crippen molar-refractivity contribution in [3.63, 3.8) is 0 Å². The van der Waals surface area contributed by atoms with E-state index in [1.54, 1.807) is 0 Å². The van der Waals surface area contributed by atoms with Crippen molar-refractivity contribution in [3.05, 3.63) is 0 Å². The third-order valence-corrected chi connectivity index (χ3v) is 7.41. The van der Waals surface area contributed by atoms with Crippen LogP contribution >= 0.6 is 46.9 Å². The van der Waals surface area contributed by atoms with Gasteiger partial charge in [0.1, 0.15) is 36.6 Å². The van der Waals surface area contributed by atoms with Crippen molar-refractivity contribution in [2.45, 2.75) is 48.8 Å². The molecule has 2 atom stereocenters. The van der Waals surface area contributed by atoms with Gasteiger partial charge in [-0.2, -0.15) is 0 Å². The number of carboxylic acids is 2. The minimum atomic E-state index is -6.02. The number of carbonyl (C=O) groups is 2. The summed E-state index contributed by atoms with van der Waals surface area (Å²) in [4.78, 5) is 129. The summed E-state index contributed by atoms with van der Waals surface area (Å²) in [5, 5.41) is 32.5. The van der Waals surface area contributed by atoms with Crippen LogP contribution in [-0.2, 0) is 64.1 Å². The zero-order valence-corrected chi connectivity index (χ0v) is 31.7. The van der Waals surface area contributed by atoms with Crippen LogP contribution in [0, 0.1) is 0 Å². The number of carboxylic acid groups (broad SMARTS) is 2. The average molecular weight is 951 g/mol. The molecule has 0 amide bonds. The molecule has 1 aliphatic carbocycles. The summed E-state index contributed by atoms with van der Waals surface area (Å²) >= 11 is 0. The van der Waals surface area contributed by atoms with E-state index >= 15 is 0 Å². The van der Waals surface area contributed by atoms with Crippen LogP contribution in [0.5, 0.6) is 0 Å². The van der Waals surface area contributed by atoms with Crippen LogP contribution in [0.3, 0.4) is 0 Å². The second-order valence-electron chi connectivity index (χ2n) is 7.93. The number of rotatable bonds is 15. The quantitative estimate of drug-likeness (QED) is 0.0537. The zero-order chi connectivity index (χ0) is 37.0. The monoisotopic (exact) mass is 952 g/mol. The minimum absolute atomic E-state index is 0. The molecule has 2 radical (unpaired) electrons. The van der Waals surface area contributed by atoms with Gasteiger partial charge in [-0.3, -0.25) is 31.8 Å². The van der Waals surface area contributed by atoms with Gasteiger partial charge in [0, 0.05) is 0 Å². The number of aliphatic hydroxyl groups is 2. The van der Waals surface area contributed by atoms with Gasteiger partial charge in [-0.15, -0.1) is 0 Å². The van der Waals surface area contributed by atoms with Crippen LogP contribution in [-0.4, -0.2) is 164 Å². The standard InChI is InChI=1S/C6H18O24P6.C4H6O6.FH.Sn.2H/c7-31(8,9)25-1-2(26-32(10,11)12)4(28-34(16,17)18)6(30-36(22,23)24)5(29-35(19,20)21)3(1)27-33(13,14)15;5-1(3(7)8)2(6)4(9)10;;;;/h1-6H,(H2,7,8,9)(H2,10,11,12)(H2,13,14,15)(H2,16,17,18)(H2,19,20,21)(H2,22,23,24);1-2,5-6H,(H,7,8)(H,9,10);1H;;;/t1-,2-,3-,4+,5-,6-;;;;;. The normalized spacial score (nSPS) is 25.3. The van der Waals surface area contributed by atoms with Crippen molar-refractivity contribution in [1.29, 1.82) is 0 Å². The number of hydrogen-bond donors (Lipinski definition) is 16. The van der Waals surface area contributed by atoms with Crippen molar-refractivity contribution in [1.82, 2.24) is 0 Å². The first-order chi connectivity index (χ1) is 20.0. The first-order valence-corrected chi connectivity index (χ1v) is 19.5. The molecule has 30 nitrogen and oxygen atoms in total. The van der Waals surface area contributed by atoms with Gasteiger partial charge in [0.25, 0.3) is 0 Å². The maximum atomic E-state index is 11.4. The molecule has 0 aliphatic heterocycles. The summed E-state index contributed by atoms with van der Waals surface area (Å²) in [7, 11) is -36.1. The van der Waals surface area contributed by atoms with Crippen LogP contribution in [0.1, 0.15) is 0 Å². The molecular weight excluding hydrogens is 924 g/mol. The Morgan fingerprint density at radius 1 is 0.396 bits per heavy atom. The average Bonchev–Trinajstić information content (AvgIpc) is 2.75. The first kappa shape index (κ1) is 52.6. The van der Waals surface area contributed by atoms with Crippen LogP contribution in [0.4, 0.5) is 4.70 Å². The van der Waals surface area contributed by atoms with Crippen molar-refractivity contribution < 1.29 is 148 Å². The van der Waals surface area contributed by atoms with E-state index in [0.717, 1.165) is 0 Å². The predicted molar refractivity (Wildman–Crippen MR) is 140 cm³/mol. The molecule has 1 fully saturated rings. The maximum absolute atomic E-state index is 11.4. The Kier molecular flexibility index (Phi) is 21.2. The number of halogens is 1. The van der Waals surface area contributed by atoms with Gasteiger partial charge in [-0.1, -0.05) is 0 Å². The summed E-state index contributed by atoms with van der Waals surface area (Å²) in [6.45, 7) is 0. The molecule has 2 unspecified atom stereocenters. The molecule has 0 aromatic carbocycles. The Labute approximate surface area is 279 Å². The molecule has 0 aromatic heterocycles. The molecule has 0 bridgehead atoms. The zero-order valence-electron chi connectivity index (χ0n) is 22.3. The van der Waals surface area contributed by atoms with Gasteiger partial charge in [-0.25, -0.2) is 37.0 Å². The fraction of sp³-hybridized carbons (Fsp3) is 0.800. The van der Waals surface area contributed by atoms with E-state index in [0.29, 0.717) is 0 Å². The van der Waals surface area contributed by atoms with E-state index in [2.05, 4.69) is 27.1 Å². The molecule has 48 heavy (non-hydrogen) atoms. The number of hydrogen-bond acceptors (Lipinski definition) is 16. The number of aliphatic hydroxyl groups excluding tert-OH is 2. The summed E-state index contributed by atoms with van der Waals surface area (Å²) < 4.78 is 93.1. The van der Waals surface area contributed by atoms with E-state index in [1.165, 1.54) is 0 Å². The van der Waals surface area contributed by atoms with Crippen molar-refractivity contribution >= 4 is 82.8 Å². The van der Waals surface area contributed by atoms with Gasteiger partial charge in [0.05, 0.1) is 0 Å². The van der Waals surface area contributed by atoms with E-state index in [4.69, 9.17) is 79.1 Å². The summed E-state index contributed by atoms with van der Waals surface area (Å²) in [5.74, 6) is -3.54. The predicted octanol–water partition coefficient (Wildman–Crippen LogP) is -6.02. The SMILES string of the molecule is F.O=C(O)C(O)C(O)C(=O)O.O=P(O)(O)O[C@H]1[C@H](OP(=O)(O)O)[C@@H](OP(=O)(O)O)[C@H](OP(=O)(O)O)[C@@H](OP(=O)(O)O)[C@H]1OP(=O)(O)O.[SnH2]. The summed E-state index contributed by atoms with van der Waals surface area (Å²) in [6.07, 6.45) is -23.4. The van der Waals surface area contributed by atoms with Crippen molar-refractivity contribution in [2.75, 3.05) is 0 Å². The van der Waals surface area contributed by atoms with Gasteiger partial charge in [-0.05, 0) is 0 Å². The second kappa shape index (κ2) is 19.4. The molecule has 38 heteroatoms. The molecule has 0 spiro atoms. The van der Waals surface area contributed by atoms with E-state index < -0.39 is 108 Å². The Bertz CT molecular complexity index is 1110. The third kappa shape index (κ3) is 21.6. The Morgan fingerprint density at radius 3 is 0.562 bits per heavy atom. The van der Waals surface area contributed by atoms with Gasteiger partial charge < -0.3 is 79.1 Å². The molecule has 1 saturated carbocycles. The van der Waals surface area contributed by atoms with Crippen LogP contribution in [0.2, 0.25) is 0 Å². The Hall–Kier alpha value is 0.249. The van der Waals surface area contributed by atoms with Crippen LogP contribution < -0.4 is 0 Å². The molecule has 0 saturated heterocycles. The summed E-state index contributed by atoms with van der Waals surface area (Å²) in [5.41, 5.74) is 0. The molecular formula is C10H27FO30P6Sn. The van der Waals surface area contributed by atoms with Crippen molar-refractivity contribution in [3.8, 4) is 0 Å². The van der Waals surface area contributed by atoms with Crippen molar-refractivity contribution in [2.24, 2.45) is 0 Å². The Balaban J connectivity index is -0.00000146. The van der Waals surface area contributed by atoms with Crippen LogP contribution in [0.25, 0.3) is 0 Å². The molecule has 0 heterocycles. The van der Waals surface area contributed by atoms with Crippen LogP contribution in [0.15, 0.2) is 0 Å². The van der Waals surface area contributed by atoms with E-state index in [-0.39, 0.29) is 28.6 Å². The number of aliphatic carboxylic acids is 2. The fourth-order valence-corrected chi connectivity index (χ4v) is 6.41. The molecule has 288 valence electrons. The van der Waals surface area contributed by atoms with Gasteiger partial charge >= 0.3 is 82.8 Å². The molecule has 16 N–H and O–H groups in total. The molecule has 0 aromatic rings. The number of phosphoric acid groups is 6. The fourth-order valence-electron chi connectivity index (χ4n) is 3.06. The van der Waals surface area contributed by atoms with E-state index in [9.17, 15) is 37.0 Å². The topological polar surface area (TPSA) is 516 Å². The molecule has 1 aliphatic rings. The Morgan fingerprint density at radius 2 is 0.500 bits per heavy atom. The first-order valence-electron chi connectivity index (χ1n) is 10.3. The molecule has 1 rings (SSSR count). The summed E-state index contributed by atoms with van der Waals surface area (Å²) in [6, 6.07) is 0. The van der Waals surface area contributed by atoms with Gasteiger partial charge in [0.15, 0.2) is 12.2 Å². The second-order valence-corrected chi connectivity index (χ2v) is 15.1. The van der Waals surface area contributed by atoms with Gasteiger partial charge in [0.2, 0.25) is 0 Å².